The molecule has 32 heavy (non-hydrogen) atoms. The van der Waals surface area contributed by atoms with Crippen molar-refractivity contribution in [3.63, 3.8) is 0 Å². The molecule has 1 aliphatic heterocycles. The Morgan fingerprint density at radius 2 is 1.94 bits per heavy atom. The number of hydrogen-bond acceptors (Lipinski definition) is 5. The molecule has 0 saturated heterocycles. The molecule has 4 aromatic rings. The van der Waals surface area contributed by atoms with Crippen LogP contribution in [-0.2, 0) is 0 Å². The van der Waals surface area contributed by atoms with Crippen LogP contribution in [0.3, 0.4) is 0 Å². The smallest absolute Gasteiger partial charge is 0.379 e. The molecule has 0 atom stereocenters. The van der Waals surface area contributed by atoms with Gasteiger partial charge in [-0.15, -0.1) is 0 Å². The van der Waals surface area contributed by atoms with E-state index in [1.807, 2.05) is 12.1 Å². The Hall–Kier alpha value is -3.71. The number of hydrogen-bond donors (Lipinski definition) is 0. The Balaban J connectivity index is 1.42. The van der Waals surface area contributed by atoms with Crippen LogP contribution in [0.25, 0.3) is 17.0 Å². The molecule has 0 bridgehead atoms. The summed E-state index contributed by atoms with van der Waals surface area (Å²) in [5.74, 6) is -0.729. The van der Waals surface area contributed by atoms with Gasteiger partial charge in [0.2, 0.25) is 11.5 Å². The van der Waals surface area contributed by atoms with Gasteiger partial charge in [-0.3, -0.25) is 4.79 Å². The van der Waals surface area contributed by atoms with E-state index in [2.05, 4.69) is 15.9 Å². The molecule has 0 amide bonds. The fourth-order valence-electron chi connectivity index (χ4n) is 3.49. The van der Waals surface area contributed by atoms with Gasteiger partial charge in [-0.2, -0.15) is 0 Å². The third kappa shape index (κ3) is 3.61. The molecule has 0 fully saturated rings. The Labute approximate surface area is 190 Å². The highest BCUT2D eigenvalue weighted by atomic mass is 79.9. The van der Waals surface area contributed by atoms with Gasteiger partial charge >= 0.3 is 5.97 Å². The fourth-order valence-corrected chi connectivity index (χ4v) is 3.87. The van der Waals surface area contributed by atoms with Gasteiger partial charge in [0, 0.05) is 15.4 Å². The van der Waals surface area contributed by atoms with Crippen LogP contribution in [0.5, 0.6) is 11.5 Å². The standard InChI is InChI=1S/C25H14BrFO5/c1-13-19(32-25(29)22-12-15-11-16(26)5-7-20(15)30-22)8-6-18-23(28)21(31-24(13)18)10-14-3-2-4-17(27)9-14/h2-12H,1H3/b21-10-. The van der Waals surface area contributed by atoms with Gasteiger partial charge in [0.15, 0.2) is 5.76 Å². The molecule has 0 radical (unpaired) electrons. The van der Waals surface area contributed by atoms with E-state index in [1.165, 1.54) is 30.3 Å². The average Bonchev–Trinajstić information content (AvgIpc) is 3.32. The van der Waals surface area contributed by atoms with Crippen LogP contribution < -0.4 is 9.47 Å². The van der Waals surface area contributed by atoms with Gasteiger partial charge in [-0.1, -0.05) is 28.1 Å². The Morgan fingerprint density at radius 3 is 2.75 bits per heavy atom. The van der Waals surface area contributed by atoms with E-state index in [-0.39, 0.29) is 23.1 Å². The van der Waals surface area contributed by atoms with Crippen LogP contribution in [-0.4, -0.2) is 11.8 Å². The Kier molecular flexibility index (Phi) is 4.90. The zero-order chi connectivity index (χ0) is 22.4. The number of carbonyl (C=O) groups is 2. The number of fused-ring (bicyclic) bond motifs is 2. The van der Waals surface area contributed by atoms with E-state index in [0.29, 0.717) is 28.0 Å². The number of ether oxygens (including phenoxy) is 2. The maximum atomic E-state index is 13.5. The summed E-state index contributed by atoms with van der Waals surface area (Å²) in [6, 6.07) is 15.9. The van der Waals surface area contributed by atoms with Crippen molar-refractivity contribution in [2.45, 2.75) is 6.92 Å². The van der Waals surface area contributed by atoms with Crippen molar-refractivity contribution < 1.29 is 27.9 Å². The van der Waals surface area contributed by atoms with Crippen LogP contribution in [0, 0.1) is 12.7 Å². The molecule has 5 rings (SSSR count). The van der Waals surface area contributed by atoms with Crippen LogP contribution in [0.1, 0.15) is 32.0 Å². The summed E-state index contributed by atoms with van der Waals surface area (Å²) in [6.45, 7) is 1.69. The van der Waals surface area contributed by atoms with Crippen molar-refractivity contribution in [3.8, 4) is 11.5 Å². The molecule has 1 aromatic heterocycles. The number of furan rings is 1. The first-order valence-corrected chi connectivity index (χ1v) is 10.4. The highest BCUT2D eigenvalue weighted by Gasteiger charge is 2.31. The van der Waals surface area contributed by atoms with Crippen molar-refractivity contribution in [1.82, 2.24) is 0 Å². The molecule has 0 spiro atoms. The van der Waals surface area contributed by atoms with E-state index in [0.717, 1.165) is 9.86 Å². The van der Waals surface area contributed by atoms with Crippen LogP contribution in [0.2, 0.25) is 0 Å². The van der Waals surface area contributed by atoms with Gasteiger partial charge < -0.3 is 13.9 Å². The first kappa shape index (κ1) is 20.2. The highest BCUT2D eigenvalue weighted by Crippen LogP contribution is 2.39. The topological polar surface area (TPSA) is 65.7 Å². The molecule has 2 heterocycles. The minimum absolute atomic E-state index is 0.0571. The van der Waals surface area contributed by atoms with Gasteiger partial charge in [0.05, 0.1) is 5.56 Å². The third-order valence-corrected chi connectivity index (χ3v) is 5.56. The average molecular weight is 493 g/mol. The lowest BCUT2D eigenvalue weighted by Crippen LogP contribution is -2.08. The fraction of sp³-hybridized carbons (Fsp3) is 0.0400. The van der Waals surface area contributed by atoms with Crippen LogP contribution >= 0.6 is 15.9 Å². The van der Waals surface area contributed by atoms with Gasteiger partial charge in [-0.25, -0.2) is 9.18 Å². The Bertz CT molecular complexity index is 1450. The van der Waals surface area contributed by atoms with Crippen LogP contribution in [0.15, 0.2) is 75.3 Å². The number of carbonyl (C=O) groups excluding carboxylic acids is 2. The molecule has 0 N–H and O–H groups in total. The second kappa shape index (κ2) is 7.76. The van der Waals surface area contributed by atoms with E-state index < -0.39 is 11.8 Å². The molecular weight excluding hydrogens is 479 g/mol. The number of Topliss-reactive ketones (excluding diaryl/α,β-unsaturated/α-hetero) is 1. The first-order chi connectivity index (χ1) is 15.4. The van der Waals surface area contributed by atoms with Crippen molar-refractivity contribution in [2.75, 3.05) is 0 Å². The Morgan fingerprint density at radius 1 is 1.09 bits per heavy atom. The number of ketones is 1. The first-order valence-electron chi connectivity index (χ1n) is 9.64. The van der Waals surface area contributed by atoms with Crippen molar-refractivity contribution in [2.24, 2.45) is 0 Å². The number of allylic oxidation sites excluding steroid dienone is 1. The summed E-state index contributed by atoms with van der Waals surface area (Å²) in [5, 5.41) is 0.762. The van der Waals surface area contributed by atoms with E-state index in [1.54, 1.807) is 31.2 Å². The molecule has 0 unspecified atom stereocenters. The summed E-state index contributed by atoms with van der Waals surface area (Å²) in [4.78, 5) is 25.3. The van der Waals surface area contributed by atoms with E-state index >= 15 is 0 Å². The summed E-state index contributed by atoms with van der Waals surface area (Å²) in [5.41, 5.74) is 1.90. The number of rotatable bonds is 3. The largest absolute Gasteiger partial charge is 0.452 e. The molecule has 5 nitrogen and oxygen atoms in total. The number of esters is 1. The van der Waals surface area contributed by atoms with E-state index in [9.17, 15) is 14.0 Å². The van der Waals surface area contributed by atoms with Gasteiger partial charge in [-0.05, 0) is 67.1 Å². The summed E-state index contributed by atoms with van der Waals surface area (Å²) in [6.07, 6.45) is 1.48. The van der Waals surface area contributed by atoms with Gasteiger partial charge in [0.1, 0.15) is 22.9 Å². The predicted molar refractivity (Wildman–Crippen MR) is 119 cm³/mol. The minimum Gasteiger partial charge on any atom is -0.452 e. The van der Waals surface area contributed by atoms with Crippen molar-refractivity contribution >= 4 is 44.7 Å². The lowest BCUT2D eigenvalue weighted by molar-refractivity contribution is 0.0702. The monoisotopic (exact) mass is 492 g/mol. The predicted octanol–water partition coefficient (Wildman–Crippen LogP) is 6.48. The molecule has 0 saturated carbocycles. The normalized spacial score (nSPS) is 14.0. The zero-order valence-corrected chi connectivity index (χ0v) is 18.2. The lowest BCUT2D eigenvalue weighted by Gasteiger charge is -2.09. The molecule has 7 heteroatoms. The van der Waals surface area contributed by atoms with Crippen molar-refractivity contribution in [1.29, 1.82) is 0 Å². The lowest BCUT2D eigenvalue weighted by atomic mass is 10.1. The number of benzene rings is 3. The summed E-state index contributed by atoms with van der Waals surface area (Å²) in [7, 11) is 0. The molecule has 3 aromatic carbocycles. The maximum absolute atomic E-state index is 13.5. The number of halogens is 2. The second-order valence-electron chi connectivity index (χ2n) is 7.24. The third-order valence-electron chi connectivity index (χ3n) is 5.07. The van der Waals surface area contributed by atoms with Crippen LogP contribution in [0.4, 0.5) is 4.39 Å². The zero-order valence-electron chi connectivity index (χ0n) is 16.6. The summed E-state index contributed by atoms with van der Waals surface area (Å²) < 4.78 is 31.2. The second-order valence-corrected chi connectivity index (χ2v) is 8.16. The van der Waals surface area contributed by atoms with Crippen molar-refractivity contribution in [3.05, 3.63) is 99.2 Å². The molecular formula is C25H14BrFO5. The highest BCUT2D eigenvalue weighted by molar-refractivity contribution is 9.10. The minimum atomic E-state index is -0.666. The quantitative estimate of drug-likeness (QED) is 0.186. The molecule has 1 aliphatic rings. The summed E-state index contributed by atoms with van der Waals surface area (Å²) >= 11 is 3.38. The maximum Gasteiger partial charge on any atom is 0.379 e. The molecule has 158 valence electrons. The SMILES string of the molecule is Cc1c(OC(=O)c2cc3cc(Br)ccc3o2)ccc2c1O/C(=C\c1cccc(F)c1)C2=O. The molecule has 0 aliphatic carbocycles. The van der Waals surface area contributed by atoms with E-state index in [4.69, 9.17) is 13.9 Å². The van der Waals surface area contributed by atoms with Gasteiger partial charge in [0.25, 0.3) is 0 Å².